The van der Waals surface area contributed by atoms with Crippen molar-refractivity contribution in [2.45, 2.75) is 32.9 Å². The second-order valence-corrected chi connectivity index (χ2v) is 6.46. The van der Waals surface area contributed by atoms with Gasteiger partial charge in [-0.2, -0.15) is 0 Å². The molecule has 3 heteroatoms. The Morgan fingerprint density at radius 3 is 2.45 bits per heavy atom. The highest BCUT2D eigenvalue weighted by Crippen LogP contribution is 2.19. The Kier molecular flexibility index (Phi) is 4.39. The van der Waals surface area contributed by atoms with Gasteiger partial charge in [0.2, 0.25) is 0 Å². The molecule has 3 nitrogen and oxygen atoms in total. The van der Waals surface area contributed by atoms with Crippen molar-refractivity contribution >= 4 is 0 Å². The first-order chi connectivity index (χ1) is 9.70. The van der Waals surface area contributed by atoms with E-state index in [4.69, 9.17) is 0 Å². The number of benzene rings is 1. The number of rotatable bonds is 3. The zero-order valence-electron chi connectivity index (χ0n) is 12.9. The predicted octanol–water partition coefficient (Wildman–Crippen LogP) is 1.78. The summed E-state index contributed by atoms with van der Waals surface area (Å²) in [6.45, 7) is 12.8. The molecule has 110 valence electrons. The van der Waals surface area contributed by atoms with Gasteiger partial charge >= 0.3 is 0 Å². The molecule has 2 saturated heterocycles. The van der Waals surface area contributed by atoms with Gasteiger partial charge in [0.15, 0.2) is 0 Å². The van der Waals surface area contributed by atoms with E-state index in [-0.39, 0.29) is 0 Å². The quantitative estimate of drug-likeness (QED) is 0.906. The second-order valence-electron chi connectivity index (χ2n) is 6.46. The minimum atomic E-state index is 0.781. The van der Waals surface area contributed by atoms with Crippen LogP contribution in [0.4, 0.5) is 0 Å². The smallest absolute Gasteiger partial charge is 0.0236 e. The molecule has 1 aromatic carbocycles. The molecule has 2 fully saturated rings. The van der Waals surface area contributed by atoms with Crippen LogP contribution in [0.1, 0.15) is 23.1 Å². The van der Waals surface area contributed by atoms with Gasteiger partial charge in [0, 0.05) is 51.9 Å². The summed E-state index contributed by atoms with van der Waals surface area (Å²) in [4.78, 5) is 5.30. The third kappa shape index (κ3) is 3.40. The van der Waals surface area contributed by atoms with Gasteiger partial charge in [-0.15, -0.1) is 0 Å². The van der Waals surface area contributed by atoms with E-state index in [9.17, 15) is 0 Å². The molecule has 0 amide bonds. The van der Waals surface area contributed by atoms with Crippen molar-refractivity contribution in [3.05, 3.63) is 34.9 Å². The summed E-state index contributed by atoms with van der Waals surface area (Å²) < 4.78 is 0. The lowest BCUT2D eigenvalue weighted by Gasteiger charge is -2.32. The number of hydrogen-bond acceptors (Lipinski definition) is 3. The number of aryl methyl sites for hydroxylation is 2. The minimum Gasteiger partial charge on any atom is -0.314 e. The first-order valence-electron chi connectivity index (χ1n) is 7.95. The summed E-state index contributed by atoms with van der Waals surface area (Å²) in [5.41, 5.74) is 4.25. The Bertz CT molecular complexity index is 431. The molecule has 1 atom stereocenters. The van der Waals surface area contributed by atoms with Crippen molar-refractivity contribution in [1.29, 1.82) is 0 Å². The normalized spacial score (nSPS) is 25.2. The molecule has 2 heterocycles. The van der Waals surface area contributed by atoms with Crippen LogP contribution in [0, 0.1) is 13.8 Å². The van der Waals surface area contributed by atoms with Crippen molar-refractivity contribution in [1.82, 2.24) is 15.1 Å². The van der Waals surface area contributed by atoms with E-state index in [1.165, 1.54) is 49.3 Å². The van der Waals surface area contributed by atoms with Gasteiger partial charge in [0.25, 0.3) is 0 Å². The summed E-state index contributed by atoms with van der Waals surface area (Å²) in [7, 11) is 0. The highest BCUT2D eigenvalue weighted by Gasteiger charge is 2.28. The first-order valence-corrected chi connectivity index (χ1v) is 7.95. The van der Waals surface area contributed by atoms with Crippen LogP contribution in [0.3, 0.4) is 0 Å². The van der Waals surface area contributed by atoms with Crippen molar-refractivity contribution in [3.63, 3.8) is 0 Å². The third-order valence-electron chi connectivity index (χ3n) is 4.60. The van der Waals surface area contributed by atoms with Gasteiger partial charge in [-0.05, 0) is 25.8 Å². The van der Waals surface area contributed by atoms with Gasteiger partial charge in [-0.1, -0.05) is 29.3 Å². The van der Waals surface area contributed by atoms with Crippen molar-refractivity contribution in [2.75, 3.05) is 39.3 Å². The number of likely N-dealkylation sites (tertiary alicyclic amines) is 1. The molecule has 1 aromatic rings. The van der Waals surface area contributed by atoms with Crippen LogP contribution in [0.5, 0.6) is 0 Å². The molecular weight excluding hydrogens is 246 g/mol. The summed E-state index contributed by atoms with van der Waals surface area (Å²) in [6.07, 6.45) is 1.34. The van der Waals surface area contributed by atoms with Crippen LogP contribution in [-0.2, 0) is 6.54 Å². The fourth-order valence-corrected chi connectivity index (χ4v) is 3.72. The molecular formula is C17H27N3. The summed E-state index contributed by atoms with van der Waals surface area (Å²) in [5, 5.41) is 3.45. The Balaban J connectivity index is 1.57. The first kappa shape index (κ1) is 14.1. The minimum absolute atomic E-state index is 0.781. The number of piperazine rings is 1. The maximum atomic E-state index is 3.45. The Labute approximate surface area is 123 Å². The molecule has 0 aromatic heterocycles. The molecule has 0 spiro atoms. The van der Waals surface area contributed by atoms with Crippen LogP contribution in [0.15, 0.2) is 18.2 Å². The lowest BCUT2D eigenvalue weighted by Crippen LogP contribution is -2.49. The fraction of sp³-hybridized carbons (Fsp3) is 0.647. The Hall–Kier alpha value is -0.900. The largest absolute Gasteiger partial charge is 0.314 e. The molecule has 3 rings (SSSR count). The third-order valence-corrected chi connectivity index (χ3v) is 4.60. The van der Waals surface area contributed by atoms with Crippen molar-refractivity contribution < 1.29 is 0 Å². The van der Waals surface area contributed by atoms with Crippen LogP contribution < -0.4 is 5.32 Å². The van der Waals surface area contributed by atoms with Crippen LogP contribution in [0.2, 0.25) is 0 Å². The predicted molar refractivity (Wildman–Crippen MR) is 84.0 cm³/mol. The second kappa shape index (κ2) is 6.25. The van der Waals surface area contributed by atoms with Gasteiger partial charge in [0.05, 0.1) is 0 Å². The average Bonchev–Trinajstić information content (AvgIpc) is 2.87. The van der Waals surface area contributed by atoms with E-state index in [2.05, 4.69) is 47.2 Å². The monoisotopic (exact) mass is 273 g/mol. The van der Waals surface area contributed by atoms with Gasteiger partial charge in [-0.3, -0.25) is 9.80 Å². The fourth-order valence-electron chi connectivity index (χ4n) is 3.72. The molecule has 0 saturated carbocycles. The Morgan fingerprint density at radius 1 is 1.05 bits per heavy atom. The van der Waals surface area contributed by atoms with Crippen molar-refractivity contribution in [3.8, 4) is 0 Å². The summed E-state index contributed by atoms with van der Waals surface area (Å²) >= 11 is 0. The van der Waals surface area contributed by atoms with E-state index in [1.807, 2.05) is 0 Å². The number of hydrogen-bond donors (Lipinski definition) is 1. The van der Waals surface area contributed by atoms with Gasteiger partial charge < -0.3 is 5.32 Å². The maximum absolute atomic E-state index is 3.45. The number of nitrogens with one attached hydrogen (secondary N) is 1. The van der Waals surface area contributed by atoms with Crippen LogP contribution in [0.25, 0.3) is 0 Å². The van der Waals surface area contributed by atoms with E-state index >= 15 is 0 Å². The average molecular weight is 273 g/mol. The molecule has 2 aliphatic heterocycles. The zero-order valence-corrected chi connectivity index (χ0v) is 12.9. The summed E-state index contributed by atoms with van der Waals surface area (Å²) in [5.74, 6) is 0. The summed E-state index contributed by atoms with van der Waals surface area (Å²) in [6, 6.07) is 7.72. The van der Waals surface area contributed by atoms with E-state index in [0.29, 0.717) is 0 Å². The lowest BCUT2D eigenvalue weighted by molar-refractivity contribution is 0.170. The number of nitrogens with zero attached hydrogens (tertiary/aromatic N) is 2. The standard InChI is InChI=1S/C17H27N3/c1-14-9-15(2)11-16(10-14)12-19-6-3-17(13-19)20-7-4-18-5-8-20/h9-11,17-18H,3-8,12-13H2,1-2H3. The molecule has 20 heavy (non-hydrogen) atoms. The van der Waals surface area contributed by atoms with Gasteiger partial charge in [-0.25, -0.2) is 0 Å². The molecule has 2 aliphatic rings. The van der Waals surface area contributed by atoms with E-state index < -0.39 is 0 Å². The molecule has 1 N–H and O–H groups in total. The van der Waals surface area contributed by atoms with Crippen LogP contribution in [-0.4, -0.2) is 55.1 Å². The zero-order chi connectivity index (χ0) is 13.9. The van der Waals surface area contributed by atoms with E-state index in [1.54, 1.807) is 0 Å². The lowest BCUT2D eigenvalue weighted by atomic mass is 10.1. The topological polar surface area (TPSA) is 18.5 Å². The Morgan fingerprint density at radius 2 is 1.75 bits per heavy atom. The SMILES string of the molecule is Cc1cc(C)cc(CN2CCC(N3CCNCC3)C2)c1. The van der Waals surface area contributed by atoms with E-state index in [0.717, 1.165) is 25.7 Å². The highest BCUT2D eigenvalue weighted by atomic mass is 15.3. The molecule has 0 aliphatic carbocycles. The molecule has 0 bridgehead atoms. The molecule has 0 radical (unpaired) electrons. The van der Waals surface area contributed by atoms with Gasteiger partial charge in [0.1, 0.15) is 0 Å². The van der Waals surface area contributed by atoms with Crippen LogP contribution >= 0.6 is 0 Å². The van der Waals surface area contributed by atoms with Crippen molar-refractivity contribution in [2.24, 2.45) is 0 Å². The maximum Gasteiger partial charge on any atom is 0.0236 e. The molecule has 1 unspecified atom stereocenters. The highest BCUT2D eigenvalue weighted by molar-refractivity contribution is 5.28.